The number of hydrogen-bond acceptors (Lipinski definition) is 1. The topological polar surface area (TPSA) is 20.2 Å². The molecule has 0 bridgehead atoms. The standard InChI is InChI=1S/C16H18O/c1-3-12-7-6-10-16(15(12)4-2)13-8-5-9-14(17)11-13/h5-11,17H,3-4H2,1-2H3. The predicted octanol–water partition coefficient (Wildman–Crippen LogP) is 4.18. The molecular weight excluding hydrogens is 208 g/mol. The van der Waals surface area contributed by atoms with Crippen LogP contribution in [0.2, 0.25) is 0 Å². The molecule has 1 nitrogen and oxygen atoms in total. The molecule has 2 aromatic carbocycles. The Morgan fingerprint density at radius 3 is 2.35 bits per heavy atom. The highest BCUT2D eigenvalue weighted by atomic mass is 16.3. The van der Waals surface area contributed by atoms with Crippen LogP contribution in [0.1, 0.15) is 25.0 Å². The molecular formula is C16H18O. The van der Waals surface area contributed by atoms with Gasteiger partial charge in [-0.2, -0.15) is 0 Å². The molecule has 0 amide bonds. The molecule has 2 rings (SSSR count). The Kier molecular flexibility index (Phi) is 3.48. The summed E-state index contributed by atoms with van der Waals surface area (Å²) in [6.45, 7) is 4.36. The minimum absolute atomic E-state index is 0.325. The summed E-state index contributed by atoms with van der Waals surface area (Å²) in [5.74, 6) is 0.325. The quantitative estimate of drug-likeness (QED) is 0.832. The Hall–Kier alpha value is -1.76. The summed E-state index contributed by atoms with van der Waals surface area (Å²) in [4.78, 5) is 0. The van der Waals surface area contributed by atoms with Gasteiger partial charge in [0.1, 0.15) is 5.75 Å². The molecule has 0 spiro atoms. The zero-order chi connectivity index (χ0) is 12.3. The van der Waals surface area contributed by atoms with Crippen LogP contribution in [-0.4, -0.2) is 5.11 Å². The molecule has 0 aliphatic carbocycles. The zero-order valence-corrected chi connectivity index (χ0v) is 10.4. The van der Waals surface area contributed by atoms with Gasteiger partial charge in [-0.25, -0.2) is 0 Å². The van der Waals surface area contributed by atoms with Crippen LogP contribution in [0.25, 0.3) is 11.1 Å². The van der Waals surface area contributed by atoms with Crippen molar-refractivity contribution in [1.29, 1.82) is 0 Å². The SMILES string of the molecule is CCc1cccc(-c2cccc(O)c2)c1CC. The van der Waals surface area contributed by atoms with Crippen LogP contribution in [0.5, 0.6) is 5.75 Å². The Morgan fingerprint density at radius 1 is 0.941 bits per heavy atom. The van der Waals surface area contributed by atoms with E-state index in [0.29, 0.717) is 5.75 Å². The fourth-order valence-electron chi connectivity index (χ4n) is 2.33. The van der Waals surface area contributed by atoms with Crippen LogP contribution in [0, 0.1) is 0 Å². The van der Waals surface area contributed by atoms with Crippen LogP contribution in [0.4, 0.5) is 0 Å². The summed E-state index contributed by atoms with van der Waals surface area (Å²) >= 11 is 0. The predicted molar refractivity (Wildman–Crippen MR) is 72.3 cm³/mol. The van der Waals surface area contributed by atoms with Crippen molar-refractivity contribution in [2.45, 2.75) is 26.7 Å². The van der Waals surface area contributed by atoms with Gasteiger partial charge >= 0.3 is 0 Å². The summed E-state index contributed by atoms with van der Waals surface area (Å²) in [5.41, 5.74) is 5.12. The molecule has 88 valence electrons. The Balaban J connectivity index is 2.59. The average molecular weight is 226 g/mol. The Bertz CT molecular complexity index is 515. The summed E-state index contributed by atoms with van der Waals surface area (Å²) in [7, 11) is 0. The van der Waals surface area contributed by atoms with Crippen LogP contribution >= 0.6 is 0 Å². The molecule has 0 aromatic heterocycles. The molecule has 0 saturated heterocycles. The Morgan fingerprint density at radius 2 is 1.71 bits per heavy atom. The summed E-state index contributed by atoms with van der Waals surface area (Å²) < 4.78 is 0. The molecule has 17 heavy (non-hydrogen) atoms. The number of phenols is 1. The number of rotatable bonds is 3. The van der Waals surface area contributed by atoms with Crippen molar-refractivity contribution in [3.63, 3.8) is 0 Å². The number of hydrogen-bond donors (Lipinski definition) is 1. The van der Waals surface area contributed by atoms with Gasteiger partial charge in [-0.05, 0) is 47.2 Å². The summed E-state index contributed by atoms with van der Waals surface area (Å²) in [5, 5.41) is 9.56. The van der Waals surface area contributed by atoms with E-state index in [0.717, 1.165) is 18.4 Å². The van der Waals surface area contributed by atoms with Crippen LogP contribution in [-0.2, 0) is 12.8 Å². The van der Waals surface area contributed by atoms with E-state index >= 15 is 0 Å². The lowest BCUT2D eigenvalue weighted by Crippen LogP contribution is -1.94. The minimum Gasteiger partial charge on any atom is -0.508 e. The monoisotopic (exact) mass is 226 g/mol. The van der Waals surface area contributed by atoms with Gasteiger partial charge in [0.15, 0.2) is 0 Å². The number of aryl methyl sites for hydroxylation is 1. The lowest BCUT2D eigenvalue weighted by Gasteiger charge is -2.12. The fraction of sp³-hybridized carbons (Fsp3) is 0.250. The van der Waals surface area contributed by atoms with E-state index < -0.39 is 0 Å². The maximum Gasteiger partial charge on any atom is 0.116 e. The first-order chi connectivity index (χ1) is 8.26. The van der Waals surface area contributed by atoms with E-state index in [4.69, 9.17) is 0 Å². The number of phenolic OH excluding ortho intramolecular Hbond substituents is 1. The van der Waals surface area contributed by atoms with Crippen molar-refractivity contribution in [3.05, 3.63) is 53.6 Å². The van der Waals surface area contributed by atoms with Crippen LogP contribution in [0.15, 0.2) is 42.5 Å². The maximum atomic E-state index is 9.56. The summed E-state index contributed by atoms with van der Waals surface area (Å²) in [6, 6.07) is 13.9. The van der Waals surface area contributed by atoms with Crippen LogP contribution in [0.3, 0.4) is 0 Å². The first-order valence-electron chi connectivity index (χ1n) is 6.16. The molecule has 0 aliphatic heterocycles. The van der Waals surface area contributed by atoms with Crippen LogP contribution < -0.4 is 0 Å². The average Bonchev–Trinajstić information content (AvgIpc) is 2.37. The second-order valence-electron chi connectivity index (χ2n) is 4.20. The van der Waals surface area contributed by atoms with Gasteiger partial charge in [0, 0.05) is 0 Å². The lowest BCUT2D eigenvalue weighted by molar-refractivity contribution is 0.475. The molecule has 2 aromatic rings. The van der Waals surface area contributed by atoms with Crippen molar-refractivity contribution in [2.75, 3.05) is 0 Å². The molecule has 0 aliphatic rings. The van der Waals surface area contributed by atoms with E-state index in [1.165, 1.54) is 16.7 Å². The highest BCUT2D eigenvalue weighted by Crippen LogP contribution is 2.29. The zero-order valence-electron chi connectivity index (χ0n) is 10.4. The third kappa shape index (κ3) is 2.33. The largest absolute Gasteiger partial charge is 0.508 e. The van der Waals surface area contributed by atoms with Gasteiger partial charge < -0.3 is 5.11 Å². The number of benzene rings is 2. The van der Waals surface area contributed by atoms with Crippen molar-refractivity contribution < 1.29 is 5.11 Å². The van der Waals surface area contributed by atoms with Gasteiger partial charge in [0.05, 0.1) is 0 Å². The smallest absolute Gasteiger partial charge is 0.116 e. The molecule has 0 atom stereocenters. The van der Waals surface area contributed by atoms with E-state index in [-0.39, 0.29) is 0 Å². The number of aromatic hydroxyl groups is 1. The lowest BCUT2D eigenvalue weighted by atomic mass is 9.93. The molecule has 1 heteroatoms. The third-order valence-corrected chi connectivity index (χ3v) is 3.16. The molecule has 0 radical (unpaired) electrons. The van der Waals surface area contributed by atoms with Gasteiger partial charge in [0.2, 0.25) is 0 Å². The minimum atomic E-state index is 0.325. The van der Waals surface area contributed by atoms with Crippen molar-refractivity contribution >= 4 is 0 Å². The van der Waals surface area contributed by atoms with E-state index in [1.54, 1.807) is 6.07 Å². The van der Waals surface area contributed by atoms with Crippen molar-refractivity contribution in [1.82, 2.24) is 0 Å². The molecule has 0 fully saturated rings. The molecule has 1 N–H and O–H groups in total. The van der Waals surface area contributed by atoms with E-state index in [1.807, 2.05) is 18.2 Å². The van der Waals surface area contributed by atoms with E-state index in [2.05, 4.69) is 32.0 Å². The molecule has 0 saturated carbocycles. The van der Waals surface area contributed by atoms with Gasteiger partial charge in [-0.15, -0.1) is 0 Å². The second-order valence-corrected chi connectivity index (χ2v) is 4.20. The van der Waals surface area contributed by atoms with Gasteiger partial charge in [-0.3, -0.25) is 0 Å². The summed E-state index contributed by atoms with van der Waals surface area (Å²) in [6.07, 6.45) is 2.07. The highest BCUT2D eigenvalue weighted by molar-refractivity contribution is 5.70. The third-order valence-electron chi connectivity index (χ3n) is 3.16. The van der Waals surface area contributed by atoms with Gasteiger partial charge in [-0.1, -0.05) is 44.2 Å². The normalized spacial score (nSPS) is 10.5. The fourth-order valence-corrected chi connectivity index (χ4v) is 2.33. The second kappa shape index (κ2) is 5.05. The van der Waals surface area contributed by atoms with Crippen molar-refractivity contribution in [2.24, 2.45) is 0 Å². The Labute approximate surface area is 103 Å². The highest BCUT2D eigenvalue weighted by Gasteiger charge is 2.07. The first kappa shape index (κ1) is 11.7. The molecule has 0 unspecified atom stereocenters. The molecule has 0 heterocycles. The van der Waals surface area contributed by atoms with Gasteiger partial charge in [0.25, 0.3) is 0 Å². The first-order valence-corrected chi connectivity index (χ1v) is 6.16. The van der Waals surface area contributed by atoms with E-state index in [9.17, 15) is 5.11 Å². The van der Waals surface area contributed by atoms with Crippen molar-refractivity contribution in [3.8, 4) is 16.9 Å². The maximum absolute atomic E-state index is 9.56.